The molecule has 37 heavy (non-hydrogen) atoms. The number of esters is 1. The van der Waals surface area contributed by atoms with E-state index in [-0.39, 0.29) is 30.1 Å². The number of carbonyl (C=O) groups excluding carboxylic acids is 4. The fourth-order valence-electron chi connectivity index (χ4n) is 3.50. The van der Waals surface area contributed by atoms with Crippen molar-refractivity contribution in [3.63, 3.8) is 0 Å². The molecule has 0 bridgehead atoms. The molecule has 13 heteroatoms. The van der Waals surface area contributed by atoms with Crippen LogP contribution in [0.5, 0.6) is 11.5 Å². The van der Waals surface area contributed by atoms with Gasteiger partial charge in [-0.15, -0.1) is 0 Å². The van der Waals surface area contributed by atoms with Crippen LogP contribution in [0.3, 0.4) is 0 Å². The van der Waals surface area contributed by atoms with Crippen LogP contribution in [0.2, 0.25) is 0 Å². The smallest absolute Gasteiger partial charge is 0.323 e. The van der Waals surface area contributed by atoms with E-state index in [2.05, 4.69) is 5.32 Å². The third kappa shape index (κ3) is 9.33. The van der Waals surface area contributed by atoms with Crippen LogP contribution in [0.4, 0.5) is 0 Å². The summed E-state index contributed by atoms with van der Waals surface area (Å²) >= 11 is 0. The van der Waals surface area contributed by atoms with Crippen molar-refractivity contribution in [3.8, 4) is 11.5 Å². The Bertz CT molecular complexity index is 1060. The molecular formula is C24H30N2O10S. The topological polar surface area (TPSA) is 166 Å². The number of amides is 2. The molecule has 202 valence electrons. The lowest BCUT2D eigenvalue weighted by atomic mass is 9.89. The number of unbranched alkanes of at least 4 members (excludes halogenated alkanes) is 1. The predicted octanol–water partition coefficient (Wildman–Crippen LogP) is 0.767. The zero-order valence-electron chi connectivity index (χ0n) is 20.5. The van der Waals surface area contributed by atoms with Crippen molar-refractivity contribution < 1.29 is 47.5 Å². The highest BCUT2D eigenvalue weighted by molar-refractivity contribution is 7.88. The number of aliphatic carboxylic acids is 1. The standard InChI is InChI=1S/C24H30N2O10S/c1-3-4-9-34-21(31)8-10-37(33)14-16(2)23-22(24(32)26(23)12-20(29)30)25-19(28)13-35-17-6-5-7-18(11-17)36-15-27/h5-7,11,14-15,22-23H,3-4,8-10,12-13H2,1-2H3,(H,25,28)(H,29,30). The lowest BCUT2D eigenvalue weighted by Crippen LogP contribution is -2.72. The molecule has 1 aliphatic rings. The van der Waals surface area contributed by atoms with Crippen LogP contribution >= 0.6 is 0 Å². The Kier molecular flexibility index (Phi) is 11.7. The van der Waals surface area contributed by atoms with Crippen LogP contribution in [0.25, 0.3) is 0 Å². The molecule has 0 spiro atoms. The number of carbonyl (C=O) groups is 5. The minimum atomic E-state index is -1.59. The van der Waals surface area contributed by atoms with Crippen LogP contribution in [0.15, 0.2) is 35.2 Å². The van der Waals surface area contributed by atoms with Crippen molar-refractivity contribution in [3.05, 3.63) is 35.2 Å². The second-order valence-corrected chi connectivity index (χ2v) is 9.50. The average Bonchev–Trinajstić information content (AvgIpc) is 2.85. The summed E-state index contributed by atoms with van der Waals surface area (Å²) in [5.41, 5.74) is 0.406. The molecule has 1 saturated heterocycles. The minimum Gasteiger partial charge on any atom is -0.484 e. The van der Waals surface area contributed by atoms with Crippen LogP contribution in [0, 0.1) is 0 Å². The van der Waals surface area contributed by atoms with Gasteiger partial charge < -0.3 is 29.5 Å². The van der Waals surface area contributed by atoms with Crippen molar-refractivity contribution in [2.24, 2.45) is 0 Å². The van der Waals surface area contributed by atoms with Gasteiger partial charge in [0.15, 0.2) is 6.61 Å². The van der Waals surface area contributed by atoms with Crippen molar-refractivity contribution in [1.82, 2.24) is 10.2 Å². The number of β-lactam (4-membered cyclic amide) rings is 1. The normalized spacial score (nSPS) is 17.8. The Balaban J connectivity index is 1.99. The number of nitrogens with zero attached hydrogens (tertiary/aromatic N) is 1. The van der Waals surface area contributed by atoms with Crippen LogP contribution in [0.1, 0.15) is 33.1 Å². The Hall–Kier alpha value is -3.74. The van der Waals surface area contributed by atoms with E-state index in [0.29, 0.717) is 12.2 Å². The van der Waals surface area contributed by atoms with Gasteiger partial charge in [-0.3, -0.25) is 28.2 Å². The van der Waals surface area contributed by atoms with Gasteiger partial charge in [0, 0.05) is 28.0 Å². The number of likely N-dealkylation sites (tertiary alicyclic amines) is 1. The molecule has 0 aliphatic carbocycles. The summed E-state index contributed by atoms with van der Waals surface area (Å²) in [5.74, 6) is -2.50. The van der Waals surface area contributed by atoms with E-state index in [1.165, 1.54) is 17.5 Å². The fourth-order valence-corrected chi connectivity index (χ4v) is 4.54. The molecule has 2 rings (SSSR count). The van der Waals surface area contributed by atoms with Crippen LogP contribution in [-0.4, -0.2) is 82.0 Å². The summed E-state index contributed by atoms with van der Waals surface area (Å²) in [4.78, 5) is 59.5. The number of hydrogen-bond donors (Lipinski definition) is 2. The second-order valence-electron chi connectivity index (χ2n) is 8.10. The maximum absolute atomic E-state index is 12.6. The predicted molar refractivity (Wildman–Crippen MR) is 131 cm³/mol. The van der Waals surface area contributed by atoms with Crippen molar-refractivity contribution >= 4 is 41.0 Å². The first-order chi connectivity index (χ1) is 17.7. The number of ether oxygens (including phenoxy) is 3. The van der Waals surface area contributed by atoms with Crippen molar-refractivity contribution in [1.29, 1.82) is 0 Å². The molecule has 3 atom stereocenters. The molecule has 0 saturated carbocycles. The molecule has 3 unspecified atom stereocenters. The Morgan fingerprint density at radius 3 is 2.65 bits per heavy atom. The van der Waals surface area contributed by atoms with Gasteiger partial charge in [-0.1, -0.05) is 19.4 Å². The number of nitrogens with one attached hydrogen (secondary N) is 1. The van der Waals surface area contributed by atoms with E-state index in [0.717, 1.165) is 17.7 Å². The number of carboxylic acid groups (broad SMARTS) is 1. The SMILES string of the molecule is CCCCOC(=O)CCS(=O)C=C(C)C1C(NC(=O)COc2cccc(OC=O)c2)C(=O)N1CC(=O)O. The van der Waals surface area contributed by atoms with Gasteiger partial charge in [0.1, 0.15) is 24.1 Å². The van der Waals surface area contributed by atoms with E-state index in [1.54, 1.807) is 19.1 Å². The first kappa shape index (κ1) is 29.5. The Morgan fingerprint density at radius 1 is 1.24 bits per heavy atom. The van der Waals surface area contributed by atoms with Gasteiger partial charge in [-0.25, -0.2) is 0 Å². The minimum absolute atomic E-state index is 0.000354. The largest absolute Gasteiger partial charge is 0.484 e. The molecule has 12 nitrogen and oxygen atoms in total. The number of carboxylic acids is 1. The molecule has 2 amide bonds. The lowest BCUT2D eigenvalue weighted by Gasteiger charge is -2.47. The molecule has 1 aromatic carbocycles. The number of hydrogen-bond acceptors (Lipinski definition) is 9. The van der Waals surface area contributed by atoms with E-state index in [4.69, 9.17) is 19.3 Å². The number of rotatable bonds is 16. The van der Waals surface area contributed by atoms with Gasteiger partial charge in [-0.2, -0.15) is 0 Å². The molecule has 0 aromatic heterocycles. The highest BCUT2D eigenvalue weighted by Crippen LogP contribution is 2.27. The zero-order chi connectivity index (χ0) is 27.4. The highest BCUT2D eigenvalue weighted by atomic mass is 32.2. The summed E-state index contributed by atoms with van der Waals surface area (Å²) in [6.07, 6.45) is 1.56. The molecular weight excluding hydrogens is 508 g/mol. The maximum atomic E-state index is 12.6. The van der Waals surface area contributed by atoms with E-state index in [1.807, 2.05) is 6.92 Å². The van der Waals surface area contributed by atoms with E-state index < -0.39 is 59.8 Å². The maximum Gasteiger partial charge on any atom is 0.323 e. The highest BCUT2D eigenvalue weighted by Gasteiger charge is 2.49. The molecule has 1 aromatic rings. The molecule has 1 heterocycles. The average molecular weight is 539 g/mol. The molecule has 0 radical (unpaired) electrons. The van der Waals surface area contributed by atoms with Gasteiger partial charge in [-0.05, 0) is 31.1 Å². The summed E-state index contributed by atoms with van der Waals surface area (Å²) in [5, 5.41) is 13.0. The van der Waals surface area contributed by atoms with Crippen molar-refractivity contribution in [2.45, 2.75) is 45.2 Å². The van der Waals surface area contributed by atoms with Crippen LogP contribution < -0.4 is 14.8 Å². The van der Waals surface area contributed by atoms with Gasteiger partial charge in [0.2, 0.25) is 5.91 Å². The van der Waals surface area contributed by atoms with Crippen molar-refractivity contribution in [2.75, 3.05) is 25.5 Å². The summed E-state index contributed by atoms with van der Waals surface area (Å²) in [6.45, 7) is 3.01. The number of benzene rings is 1. The Labute approximate surface area is 216 Å². The lowest BCUT2D eigenvalue weighted by molar-refractivity contribution is -0.158. The van der Waals surface area contributed by atoms with Gasteiger partial charge in [0.25, 0.3) is 12.4 Å². The summed E-state index contributed by atoms with van der Waals surface area (Å²) in [7, 11) is -1.59. The molecule has 1 fully saturated rings. The monoisotopic (exact) mass is 538 g/mol. The van der Waals surface area contributed by atoms with E-state index in [9.17, 15) is 28.2 Å². The first-order valence-corrected chi connectivity index (χ1v) is 12.9. The molecule has 2 N–H and O–H groups in total. The fraction of sp³-hybridized carbons (Fsp3) is 0.458. The van der Waals surface area contributed by atoms with Gasteiger partial charge >= 0.3 is 11.9 Å². The summed E-state index contributed by atoms with van der Waals surface area (Å²) < 4.78 is 27.6. The zero-order valence-corrected chi connectivity index (χ0v) is 21.4. The second kappa shape index (κ2) is 14.7. The third-order valence-electron chi connectivity index (χ3n) is 5.23. The molecule has 1 aliphatic heterocycles. The van der Waals surface area contributed by atoms with Gasteiger partial charge in [0.05, 0.1) is 19.1 Å². The quantitative estimate of drug-likeness (QED) is 0.133. The summed E-state index contributed by atoms with van der Waals surface area (Å²) in [6, 6.07) is 4.10. The third-order valence-corrected chi connectivity index (χ3v) is 6.48. The Morgan fingerprint density at radius 2 is 1.97 bits per heavy atom. The van der Waals surface area contributed by atoms with E-state index >= 15 is 0 Å². The van der Waals surface area contributed by atoms with Crippen LogP contribution in [-0.2, 0) is 39.5 Å². The first-order valence-electron chi connectivity index (χ1n) is 11.5.